The van der Waals surface area contributed by atoms with Crippen LogP contribution in [0.4, 0.5) is 4.39 Å². The van der Waals surface area contributed by atoms with Crippen LogP contribution >= 0.6 is 0 Å². The number of benzene rings is 1. The van der Waals surface area contributed by atoms with Gasteiger partial charge in [0.05, 0.1) is 19.0 Å². The van der Waals surface area contributed by atoms with Gasteiger partial charge in [-0.15, -0.1) is 0 Å². The summed E-state index contributed by atoms with van der Waals surface area (Å²) in [6.07, 6.45) is 0.0668. The lowest BCUT2D eigenvalue weighted by molar-refractivity contribution is -0.138. The minimum absolute atomic E-state index is 0.0668. The van der Waals surface area contributed by atoms with E-state index in [-0.39, 0.29) is 24.1 Å². The highest BCUT2D eigenvalue weighted by molar-refractivity contribution is 5.88. The van der Waals surface area contributed by atoms with Crippen LogP contribution in [0.3, 0.4) is 0 Å². The number of halogens is 1. The summed E-state index contributed by atoms with van der Waals surface area (Å²) in [6.45, 7) is 3.75. The van der Waals surface area contributed by atoms with Gasteiger partial charge in [0.1, 0.15) is 17.3 Å². The molecule has 7 heteroatoms. The lowest BCUT2D eigenvalue weighted by Crippen LogP contribution is -2.56. The van der Waals surface area contributed by atoms with Gasteiger partial charge in [-0.05, 0) is 36.8 Å². The highest BCUT2D eigenvalue weighted by Crippen LogP contribution is 2.17. The molecular weight excluding hydrogens is 349 g/mol. The molecule has 2 aromatic rings. The fourth-order valence-corrected chi connectivity index (χ4v) is 3.26. The van der Waals surface area contributed by atoms with Gasteiger partial charge >= 0.3 is 0 Å². The van der Waals surface area contributed by atoms with Crippen LogP contribution in [0.5, 0.6) is 0 Å². The number of hydrogen-bond acceptors (Lipinski definition) is 4. The highest BCUT2D eigenvalue weighted by atomic mass is 19.1. The Morgan fingerprint density at radius 1 is 1.37 bits per heavy atom. The molecule has 1 saturated heterocycles. The zero-order valence-electron chi connectivity index (χ0n) is 15.6. The van der Waals surface area contributed by atoms with Crippen molar-refractivity contribution in [2.75, 3.05) is 20.1 Å². The van der Waals surface area contributed by atoms with Crippen molar-refractivity contribution in [3.63, 3.8) is 0 Å². The maximum atomic E-state index is 13.5. The fourth-order valence-electron chi connectivity index (χ4n) is 3.26. The number of hydrogen-bond donors (Lipinski definition) is 1. The number of rotatable bonds is 6. The van der Waals surface area contributed by atoms with Crippen LogP contribution in [0, 0.1) is 12.7 Å². The number of nitrogens with zero attached hydrogens (tertiary/aromatic N) is 2. The van der Waals surface area contributed by atoms with Gasteiger partial charge in [-0.25, -0.2) is 4.39 Å². The van der Waals surface area contributed by atoms with Crippen molar-refractivity contribution in [1.82, 2.24) is 15.1 Å². The summed E-state index contributed by atoms with van der Waals surface area (Å²) in [5.41, 5.74) is 0.779. The molecular formula is C20H24FN3O3. The Morgan fingerprint density at radius 2 is 2.19 bits per heavy atom. The van der Waals surface area contributed by atoms with E-state index in [1.807, 2.05) is 30.0 Å². The van der Waals surface area contributed by atoms with Crippen LogP contribution in [0.1, 0.15) is 23.5 Å². The van der Waals surface area contributed by atoms with Gasteiger partial charge in [0.15, 0.2) is 0 Å². The Balaban J connectivity index is 1.65. The molecule has 1 aliphatic rings. The standard InChI is InChI=1S/C20H24FN3O3/c1-14-6-7-17(27-14)13-23(2)19(25)11-18-20(26)22-8-9-24(18)12-15-4-3-5-16(21)10-15/h3-7,10,18H,8-9,11-13H2,1-2H3,(H,22,26)/t18-/m1/s1. The van der Waals surface area contributed by atoms with Crippen molar-refractivity contribution in [2.45, 2.75) is 32.5 Å². The topological polar surface area (TPSA) is 65.8 Å². The third kappa shape index (κ3) is 4.95. The SMILES string of the molecule is Cc1ccc(CN(C)C(=O)C[C@@H]2C(=O)NCCN2Cc2cccc(F)c2)o1. The molecule has 3 rings (SSSR count). The van der Waals surface area contributed by atoms with E-state index in [0.29, 0.717) is 31.9 Å². The first-order chi connectivity index (χ1) is 12.9. The minimum Gasteiger partial charge on any atom is -0.464 e. The maximum absolute atomic E-state index is 13.5. The van der Waals surface area contributed by atoms with Gasteiger partial charge in [-0.3, -0.25) is 14.5 Å². The fraction of sp³-hybridized carbons (Fsp3) is 0.400. The molecule has 0 radical (unpaired) electrons. The first kappa shape index (κ1) is 19.1. The molecule has 0 saturated carbocycles. The summed E-state index contributed by atoms with van der Waals surface area (Å²) < 4.78 is 19.0. The average Bonchev–Trinajstić information content (AvgIpc) is 3.02. The number of carbonyl (C=O) groups is 2. The molecule has 6 nitrogen and oxygen atoms in total. The highest BCUT2D eigenvalue weighted by Gasteiger charge is 2.32. The monoisotopic (exact) mass is 373 g/mol. The van der Waals surface area contributed by atoms with Gasteiger partial charge in [-0.1, -0.05) is 12.1 Å². The summed E-state index contributed by atoms with van der Waals surface area (Å²) in [5, 5.41) is 2.81. The first-order valence-corrected chi connectivity index (χ1v) is 8.98. The summed E-state index contributed by atoms with van der Waals surface area (Å²) in [5.74, 6) is 0.866. The smallest absolute Gasteiger partial charge is 0.237 e. The van der Waals surface area contributed by atoms with Crippen molar-refractivity contribution in [1.29, 1.82) is 0 Å². The average molecular weight is 373 g/mol. The van der Waals surface area contributed by atoms with Crippen molar-refractivity contribution in [3.05, 3.63) is 59.3 Å². The number of nitrogens with one attached hydrogen (secondary N) is 1. The van der Waals surface area contributed by atoms with Gasteiger partial charge in [0, 0.05) is 26.7 Å². The zero-order valence-corrected chi connectivity index (χ0v) is 15.6. The van der Waals surface area contributed by atoms with Crippen LogP contribution in [0.25, 0.3) is 0 Å². The van der Waals surface area contributed by atoms with Crippen molar-refractivity contribution in [3.8, 4) is 0 Å². The minimum atomic E-state index is -0.574. The Bertz CT molecular complexity index is 820. The Hall–Kier alpha value is -2.67. The summed E-state index contributed by atoms with van der Waals surface area (Å²) >= 11 is 0. The molecule has 1 fully saturated rings. The van der Waals surface area contributed by atoms with E-state index in [0.717, 1.165) is 11.3 Å². The second-order valence-electron chi connectivity index (χ2n) is 6.87. The van der Waals surface area contributed by atoms with Crippen LogP contribution < -0.4 is 5.32 Å². The molecule has 27 heavy (non-hydrogen) atoms. The molecule has 0 bridgehead atoms. The Morgan fingerprint density at radius 3 is 2.89 bits per heavy atom. The molecule has 0 spiro atoms. The van der Waals surface area contributed by atoms with Crippen molar-refractivity contribution in [2.24, 2.45) is 0 Å². The second kappa shape index (κ2) is 8.35. The van der Waals surface area contributed by atoms with Gasteiger partial charge in [0.2, 0.25) is 11.8 Å². The number of piperazine rings is 1. The lowest BCUT2D eigenvalue weighted by Gasteiger charge is -2.35. The van der Waals surface area contributed by atoms with Crippen LogP contribution in [0.2, 0.25) is 0 Å². The first-order valence-electron chi connectivity index (χ1n) is 8.98. The Kier molecular flexibility index (Phi) is 5.91. The third-order valence-corrected chi connectivity index (χ3v) is 4.70. The molecule has 0 unspecified atom stereocenters. The molecule has 1 aromatic heterocycles. The summed E-state index contributed by atoms with van der Waals surface area (Å²) in [4.78, 5) is 28.5. The predicted octanol–water partition coefficient (Wildman–Crippen LogP) is 2.08. The largest absolute Gasteiger partial charge is 0.464 e. The van der Waals surface area contributed by atoms with Crippen LogP contribution in [-0.4, -0.2) is 47.8 Å². The Labute approximate surface area is 157 Å². The maximum Gasteiger partial charge on any atom is 0.237 e. The van der Waals surface area contributed by atoms with Crippen molar-refractivity contribution >= 4 is 11.8 Å². The van der Waals surface area contributed by atoms with E-state index >= 15 is 0 Å². The number of aryl methyl sites for hydroxylation is 1. The second-order valence-corrected chi connectivity index (χ2v) is 6.87. The molecule has 1 N–H and O–H groups in total. The molecule has 2 amide bonds. The lowest BCUT2D eigenvalue weighted by atomic mass is 10.1. The number of carbonyl (C=O) groups excluding carboxylic acids is 2. The summed E-state index contributed by atoms with van der Waals surface area (Å²) in [7, 11) is 1.69. The van der Waals surface area contributed by atoms with Gasteiger partial charge in [-0.2, -0.15) is 0 Å². The van der Waals surface area contributed by atoms with Gasteiger partial charge in [0.25, 0.3) is 0 Å². The molecule has 144 valence electrons. The quantitative estimate of drug-likeness (QED) is 0.842. The predicted molar refractivity (Wildman–Crippen MR) is 98.1 cm³/mol. The van der Waals surface area contributed by atoms with E-state index in [9.17, 15) is 14.0 Å². The normalized spacial score (nSPS) is 17.6. The molecule has 0 aliphatic carbocycles. The van der Waals surface area contributed by atoms with E-state index < -0.39 is 6.04 Å². The van der Waals surface area contributed by atoms with E-state index in [1.165, 1.54) is 12.1 Å². The van der Waals surface area contributed by atoms with Crippen LogP contribution in [0.15, 0.2) is 40.8 Å². The van der Waals surface area contributed by atoms with E-state index in [2.05, 4.69) is 5.32 Å². The molecule has 1 aliphatic heterocycles. The third-order valence-electron chi connectivity index (χ3n) is 4.70. The zero-order chi connectivity index (χ0) is 19.4. The summed E-state index contributed by atoms with van der Waals surface area (Å²) in [6, 6.07) is 9.42. The molecule has 2 heterocycles. The van der Waals surface area contributed by atoms with Crippen molar-refractivity contribution < 1.29 is 18.4 Å². The number of furan rings is 1. The molecule has 1 aromatic carbocycles. The van der Waals surface area contributed by atoms with E-state index in [4.69, 9.17) is 4.42 Å². The van der Waals surface area contributed by atoms with Gasteiger partial charge < -0.3 is 14.6 Å². The number of amides is 2. The van der Waals surface area contributed by atoms with Crippen LogP contribution in [-0.2, 0) is 22.7 Å². The van der Waals surface area contributed by atoms with E-state index in [1.54, 1.807) is 18.0 Å². The molecule has 1 atom stereocenters.